The number of amides is 3. The zero-order chi connectivity index (χ0) is 26.3. The number of benzene rings is 2. The fraction of sp³-hybridized carbons (Fsp3) is 0.222. The monoisotopic (exact) mass is 531 g/mol. The third-order valence-electron chi connectivity index (χ3n) is 6.46. The summed E-state index contributed by atoms with van der Waals surface area (Å²) in [4.78, 5) is 46.9. The molecule has 0 atom stereocenters. The van der Waals surface area contributed by atoms with Gasteiger partial charge in [0.2, 0.25) is 23.6 Å². The first-order chi connectivity index (χ1) is 18.4. The number of thiazole rings is 1. The van der Waals surface area contributed by atoms with Gasteiger partial charge in [0, 0.05) is 29.4 Å². The van der Waals surface area contributed by atoms with Crippen LogP contribution >= 0.6 is 11.3 Å². The first-order valence-electron chi connectivity index (χ1n) is 12.1. The van der Waals surface area contributed by atoms with Crippen molar-refractivity contribution in [2.24, 2.45) is 11.3 Å². The molecule has 0 aliphatic heterocycles. The second kappa shape index (κ2) is 9.49. The molecule has 0 saturated heterocycles. The third kappa shape index (κ3) is 4.92. The Bertz CT molecular complexity index is 1570. The van der Waals surface area contributed by atoms with Gasteiger partial charge in [0.25, 0.3) is 0 Å². The molecule has 2 aromatic heterocycles. The maximum absolute atomic E-state index is 14.8. The van der Waals surface area contributed by atoms with Crippen molar-refractivity contribution in [3.63, 3.8) is 0 Å². The highest BCUT2D eigenvalue weighted by Crippen LogP contribution is 2.47. The molecule has 2 aliphatic carbocycles. The largest absolute Gasteiger partial charge is 0.436 e. The fourth-order valence-electron chi connectivity index (χ4n) is 3.94. The highest BCUT2D eigenvalue weighted by molar-refractivity contribution is 7.21. The molecular formula is C27H22FN5O4S. The van der Waals surface area contributed by atoms with Crippen molar-refractivity contribution < 1.29 is 23.5 Å². The lowest BCUT2D eigenvalue weighted by Gasteiger charge is -2.16. The van der Waals surface area contributed by atoms with Crippen LogP contribution in [0.25, 0.3) is 10.3 Å². The highest BCUT2D eigenvalue weighted by atomic mass is 32.1. The minimum Gasteiger partial charge on any atom is -0.436 e. The molecule has 0 radical (unpaired) electrons. The van der Waals surface area contributed by atoms with Crippen LogP contribution in [0, 0.1) is 17.2 Å². The van der Waals surface area contributed by atoms with E-state index < -0.39 is 17.1 Å². The summed E-state index contributed by atoms with van der Waals surface area (Å²) in [6, 6.07) is 16.2. The SMILES string of the molecule is O=C(Nc1nc2ccc(Oc3ccc(NC(=O)C4(C(=O)Nc5ccccc5)CC4)cc3F)nc2s1)C1CC1. The molecule has 2 saturated carbocycles. The van der Waals surface area contributed by atoms with E-state index in [-0.39, 0.29) is 35.0 Å². The van der Waals surface area contributed by atoms with Gasteiger partial charge in [0.05, 0.1) is 0 Å². The predicted octanol–water partition coefficient (Wildman–Crippen LogP) is 5.33. The normalized spacial score (nSPS) is 15.5. The number of ether oxygens (including phenoxy) is 1. The number of hydrogen-bond donors (Lipinski definition) is 3. The third-order valence-corrected chi connectivity index (χ3v) is 7.34. The van der Waals surface area contributed by atoms with E-state index in [1.807, 2.05) is 6.07 Å². The number of nitrogens with one attached hydrogen (secondary N) is 3. The summed E-state index contributed by atoms with van der Waals surface area (Å²) < 4.78 is 20.5. The molecule has 2 heterocycles. The van der Waals surface area contributed by atoms with E-state index in [4.69, 9.17) is 4.74 Å². The van der Waals surface area contributed by atoms with Gasteiger partial charge in [-0.1, -0.05) is 29.5 Å². The van der Waals surface area contributed by atoms with Crippen molar-refractivity contribution in [3.8, 4) is 11.6 Å². The van der Waals surface area contributed by atoms with Gasteiger partial charge in [-0.05, 0) is 56.0 Å². The molecule has 6 rings (SSSR count). The number of fused-ring (bicyclic) bond motifs is 1. The maximum atomic E-state index is 14.8. The summed E-state index contributed by atoms with van der Waals surface area (Å²) in [5.41, 5.74) is 0.235. The number of para-hydroxylation sites is 1. The Morgan fingerprint density at radius 3 is 2.32 bits per heavy atom. The number of rotatable bonds is 8. The summed E-state index contributed by atoms with van der Waals surface area (Å²) in [5.74, 6) is -1.48. The molecule has 2 aliphatic rings. The van der Waals surface area contributed by atoms with Crippen LogP contribution in [0.4, 0.5) is 20.9 Å². The van der Waals surface area contributed by atoms with Crippen LogP contribution in [-0.2, 0) is 14.4 Å². The summed E-state index contributed by atoms with van der Waals surface area (Å²) in [7, 11) is 0. The number of carbonyl (C=O) groups is 3. The van der Waals surface area contributed by atoms with Crippen molar-refractivity contribution >= 4 is 55.9 Å². The van der Waals surface area contributed by atoms with Gasteiger partial charge in [0.15, 0.2) is 16.7 Å². The molecular weight excluding hydrogens is 509 g/mol. The van der Waals surface area contributed by atoms with Crippen LogP contribution in [0.5, 0.6) is 11.6 Å². The van der Waals surface area contributed by atoms with Gasteiger partial charge in [-0.15, -0.1) is 0 Å². The zero-order valence-electron chi connectivity index (χ0n) is 20.0. The minimum atomic E-state index is -1.17. The lowest BCUT2D eigenvalue weighted by atomic mass is 10.0. The van der Waals surface area contributed by atoms with Crippen molar-refractivity contribution in [2.45, 2.75) is 25.7 Å². The second-order valence-corrected chi connectivity index (χ2v) is 10.3. The first-order valence-corrected chi connectivity index (χ1v) is 13.0. The highest BCUT2D eigenvalue weighted by Gasteiger charge is 2.56. The average molecular weight is 532 g/mol. The Morgan fingerprint density at radius 1 is 0.895 bits per heavy atom. The summed E-state index contributed by atoms with van der Waals surface area (Å²) in [6.45, 7) is 0. The molecule has 3 amide bonds. The smallest absolute Gasteiger partial charge is 0.240 e. The van der Waals surface area contributed by atoms with Crippen LogP contribution in [0.1, 0.15) is 25.7 Å². The first kappa shape index (κ1) is 24.0. The Kier molecular flexibility index (Phi) is 5.99. The maximum Gasteiger partial charge on any atom is 0.240 e. The predicted molar refractivity (Wildman–Crippen MR) is 141 cm³/mol. The van der Waals surface area contributed by atoms with Crippen molar-refractivity contribution in [1.82, 2.24) is 9.97 Å². The second-order valence-electron chi connectivity index (χ2n) is 9.36. The number of aromatic nitrogens is 2. The van der Waals surface area contributed by atoms with Gasteiger partial charge in [-0.25, -0.2) is 14.4 Å². The lowest BCUT2D eigenvalue weighted by molar-refractivity contribution is -0.131. The zero-order valence-corrected chi connectivity index (χ0v) is 20.8. The van der Waals surface area contributed by atoms with Crippen molar-refractivity contribution in [1.29, 1.82) is 0 Å². The number of nitrogens with zero attached hydrogens (tertiary/aromatic N) is 2. The Morgan fingerprint density at radius 2 is 1.63 bits per heavy atom. The van der Waals surface area contributed by atoms with E-state index in [2.05, 4.69) is 25.9 Å². The molecule has 0 unspecified atom stereocenters. The molecule has 0 bridgehead atoms. The van der Waals surface area contributed by atoms with E-state index in [9.17, 15) is 18.8 Å². The molecule has 38 heavy (non-hydrogen) atoms. The minimum absolute atomic E-state index is 0.0424. The molecule has 4 aromatic rings. The quantitative estimate of drug-likeness (QED) is 0.264. The van der Waals surface area contributed by atoms with Gasteiger partial charge < -0.3 is 20.7 Å². The molecule has 11 heteroatoms. The summed E-state index contributed by atoms with van der Waals surface area (Å²) in [6.07, 6.45) is 2.62. The number of halogens is 1. The van der Waals surface area contributed by atoms with Gasteiger partial charge in [-0.3, -0.25) is 14.4 Å². The van der Waals surface area contributed by atoms with E-state index >= 15 is 0 Å². The molecule has 0 spiro atoms. The van der Waals surface area contributed by atoms with Crippen LogP contribution in [0.3, 0.4) is 0 Å². The number of hydrogen-bond acceptors (Lipinski definition) is 7. The van der Waals surface area contributed by atoms with Crippen LogP contribution in [0.2, 0.25) is 0 Å². The van der Waals surface area contributed by atoms with Gasteiger partial charge >= 0.3 is 0 Å². The van der Waals surface area contributed by atoms with Crippen molar-refractivity contribution in [3.05, 3.63) is 66.5 Å². The molecule has 2 fully saturated rings. The summed E-state index contributed by atoms with van der Waals surface area (Å²) >= 11 is 1.21. The van der Waals surface area contributed by atoms with Crippen molar-refractivity contribution in [2.75, 3.05) is 16.0 Å². The molecule has 3 N–H and O–H groups in total. The Labute approximate surface area is 220 Å². The standard InChI is InChI=1S/C27H22FN5O4S/c28-18-14-17(30-25(36)27(12-13-27)24(35)29-16-4-2-1-3-5-16)8-10-20(18)37-21-11-9-19-23(32-21)38-26(31-19)33-22(34)15-6-7-15/h1-5,8-11,14-15H,6-7,12-13H2,(H,29,35)(H,30,36)(H,31,33,34). The summed E-state index contributed by atoms with van der Waals surface area (Å²) in [5, 5.41) is 8.66. The van der Waals surface area contributed by atoms with Crippen LogP contribution < -0.4 is 20.7 Å². The van der Waals surface area contributed by atoms with Gasteiger partial charge in [0.1, 0.15) is 15.8 Å². The molecule has 192 valence electrons. The van der Waals surface area contributed by atoms with E-state index in [0.717, 1.165) is 18.9 Å². The number of anilines is 3. The van der Waals surface area contributed by atoms with E-state index in [1.165, 1.54) is 23.5 Å². The van der Waals surface area contributed by atoms with E-state index in [0.29, 0.717) is 34.0 Å². The topological polar surface area (TPSA) is 122 Å². The fourth-order valence-corrected chi connectivity index (χ4v) is 4.78. The van der Waals surface area contributed by atoms with Crippen LogP contribution in [-0.4, -0.2) is 27.7 Å². The average Bonchev–Trinajstić information content (AvgIpc) is 3.82. The lowest BCUT2D eigenvalue weighted by Crippen LogP contribution is -2.35. The van der Waals surface area contributed by atoms with Gasteiger partial charge in [-0.2, -0.15) is 0 Å². The molecule has 9 nitrogen and oxygen atoms in total. The van der Waals surface area contributed by atoms with E-state index in [1.54, 1.807) is 36.4 Å². The Hall–Kier alpha value is -4.38. The van der Waals surface area contributed by atoms with Crippen LogP contribution in [0.15, 0.2) is 60.7 Å². The number of carbonyl (C=O) groups excluding carboxylic acids is 3. The Balaban J connectivity index is 1.11. The molecule has 2 aromatic carbocycles. The number of pyridine rings is 1.